The van der Waals surface area contributed by atoms with Gasteiger partial charge >= 0.3 is 5.97 Å². The molecule has 4 N–H and O–H groups in total. The lowest BCUT2D eigenvalue weighted by Crippen LogP contribution is -2.47. The molecule has 0 spiro atoms. The van der Waals surface area contributed by atoms with Crippen LogP contribution in [-0.4, -0.2) is 59.2 Å². The number of methoxy groups -OCH3 is 1. The molecule has 0 bridgehead atoms. The number of unbranched alkanes of at least 4 members (excludes halogenated alkanes) is 1. The number of fused-ring (bicyclic) bond motifs is 1. The molecule has 0 aliphatic carbocycles. The van der Waals surface area contributed by atoms with Crippen LogP contribution >= 0.6 is 0 Å². The zero-order valence-corrected chi connectivity index (χ0v) is 24.9. The van der Waals surface area contributed by atoms with Crippen LogP contribution in [-0.2, 0) is 25.6 Å². The van der Waals surface area contributed by atoms with Crippen molar-refractivity contribution in [1.29, 1.82) is 0 Å². The van der Waals surface area contributed by atoms with Crippen molar-refractivity contribution in [3.63, 3.8) is 0 Å². The van der Waals surface area contributed by atoms with Gasteiger partial charge in [-0.3, -0.25) is 14.3 Å². The Kier molecular flexibility index (Phi) is 12.9. The molecule has 0 fully saturated rings. The summed E-state index contributed by atoms with van der Waals surface area (Å²) in [4.78, 5) is 24.9. The number of hydrogen-bond acceptors (Lipinski definition) is 7. The van der Waals surface area contributed by atoms with Gasteiger partial charge in [0.05, 0.1) is 17.8 Å². The number of aryl methyl sites for hydroxylation is 1. The standard InChI is InChI=1S/C30H50N4O5/c1-8-9-13-30(5,6)29(37)32-19-27(36)25(31)17-24(20(2)3)28(39-21(4)35)22-11-12-23-18-33-34(26(23)16-22)14-10-15-38-7/h11-12,16,18,20,24-25,27-28,36H,8-10,13-15,17,19,31H2,1-7H3,(H,32,37)/t24?,25-,27-,28-/m0/s1. The van der Waals surface area contributed by atoms with E-state index in [-0.39, 0.29) is 30.3 Å². The number of benzene rings is 1. The number of hydrogen-bond donors (Lipinski definition) is 3. The number of amides is 1. The van der Waals surface area contributed by atoms with Crippen molar-refractivity contribution in [2.75, 3.05) is 20.3 Å². The molecule has 0 aliphatic heterocycles. The Morgan fingerprint density at radius 3 is 2.56 bits per heavy atom. The lowest BCUT2D eigenvalue weighted by Gasteiger charge is -2.33. The van der Waals surface area contributed by atoms with E-state index in [1.165, 1.54) is 6.92 Å². The van der Waals surface area contributed by atoms with E-state index in [2.05, 4.69) is 31.2 Å². The maximum atomic E-state index is 12.7. The van der Waals surface area contributed by atoms with Crippen LogP contribution in [0.25, 0.3) is 10.9 Å². The second-order valence-corrected chi connectivity index (χ2v) is 11.6. The highest BCUT2D eigenvalue weighted by atomic mass is 16.5. The topological polar surface area (TPSA) is 129 Å². The van der Waals surface area contributed by atoms with E-state index in [9.17, 15) is 14.7 Å². The molecular formula is C30H50N4O5. The first kappa shape index (κ1) is 32.7. The van der Waals surface area contributed by atoms with Crippen molar-refractivity contribution in [3.8, 4) is 0 Å². The Bertz CT molecular complexity index is 1050. The molecule has 1 aromatic heterocycles. The third-order valence-electron chi connectivity index (χ3n) is 7.53. The third-order valence-corrected chi connectivity index (χ3v) is 7.53. The van der Waals surface area contributed by atoms with E-state index in [1.54, 1.807) is 7.11 Å². The average Bonchev–Trinajstić information content (AvgIpc) is 3.29. The molecule has 9 nitrogen and oxygen atoms in total. The smallest absolute Gasteiger partial charge is 0.303 e. The number of carbonyl (C=O) groups is 2. The third kappa shape index (κ3) is 9.58. The van der Waals surface area contributed by atoms with Crippen LogP contribution < -0.4 is 11.1 Å². The Labute approximate surface area is 233 Å². The second kappa shape index (κ2) is 15.3. The number of aromatic nitrogens is 2. The Balaban J connectivity index is 2.21. The van der Waals surface area contributed by atoms with Gasteiger partial charge in [-0.05, 0) is 36.8 Å². The summed E-state index contributed by atoms with van der Waals surface area (Å²) in [7, 11) is 1.68. The summed E-state index contributed by atoms with van der Waals surface area (Å²) in [5, 5.41) is 19.3. The van der Waals surface area contributed by atoms with Gasteiger partial charge in [-0.15, -0.1) is 0 Å². The van der Waals surface area contributed by atoms with Gasteiger partial charge in [-0.2, -0.15) is 5.10 Å². The quantitative estimate of drug-likeness (QED) is 0.199. The zero-order chi connectivity index (χ0) is 29.2. The second-order valence-electron chi connectivity index (χ2n) is 11.6. The van der Waals surface area contributed by atoms with Crippen LogP contribution in [0.15, 0.2) is 24.4 Å². The number of carbonyl (C=O) groups excluding carboxylic acids is 2. The average molecular weight is 547 g/mol. The molecule has 0 radical (unpaired) electrons. The zero-order valence-electron chi connectivity index (χ0n) is 24.9. The highest BCUT2D eigenvalue weighted by molar-refractivity contribution is 5.81. The van der Waals surface area contributed by atoms with Crippen LogP contribution in [0.4, 0.5) is 0 Å². The molecule has 220 valence electrons. The van der Waals surface area contributed by atoms with E-state index in [0.717, 1.165) is 42.1 Å². The van der Waals surface area contributed by atoms with Crippen molar-refractivity contribution >= 4 is 22.8 Å². The number of nitrogens with one attached hydrogen (secondary N) is 1. The summed E-state index contributed by atoms with van der Waals surface area (Å²) in [5.41, 5.74) is 7.79. The van der Waals surface area contributed by atoms with Crippen molar-refractivity contribution in [3.05, 3.63) is 30.0 Å². The first-order valence-electron chi connectivity index (χ1n) is 14.2. The van der Waals surface area contributed by atoms with Gasteiger partial charge in [0, 0.05) is 56.5 Å². The first-order chi connectivity index (χ1) is 18.4. The van der Waals surface area contributed by atoms with Crippen LogP contribution in [0.5, 0.6) is 0 Å². The molecule has 2 rings (SSSR count). The van der Waals surface area contributed by atoms with Gasteiger partial charge < -0.3 is 25.6 Å². The molecule has 0 saturated heterocycles. The van der Waals surface area contributed by atoms with E-state index in [1.807, 2.05) is 42.9 Å². The van der Waals surface area contributed by atoms with E-state index in [4.69, 9.17) is 15.2 Å². The summed E-state index contributed by atoms with van der Waals surface area (Å²) in [6.07, 6.45) is 4.37. The highest BCUT2D eigenvalue weighted by Gasteiger charge is 2.33. The van der Waals surface area contributed by atoms with E-state index >= 15 is 0 Å². The van der Waals surface area contributed by atoms with Gasteiger partial charge in [-0.25, -0.2) is 0 Å². The molecule has 1 heterocycles. The lowest BCUT2D eigenvalue weighted by molar-refractivity contribution is -0.151. The molecule has 39 heavy (non-hydrogen) atoms. The van der Waals surface area contributed by atoms with Gasteiger partial charge in [-0.1, -0.05) is 59.6 Å². The highest BCUT2D eigenvalue weighted by Crippen LogP contribution is 2.36. The summed E-state index contributed by atoms with van der Waals surface area (Å²) in [6, 6.07) is 5.37. The number of ether oxygens (including phenoxy) is 2. The van der Waals surface area contributed by atoms with Gasteiger partial charge in [0.1, 0.15) is 6.10 Å². The maximum Gasteiger partial charge on any atom is 0.303 e. The van der Waals surface area contributed by atoms with Gasteiger partial charge in [0.15, 0.2) is 0 Å². The van der Waals surface area contributed by atoms with Crippen LogP contribution in [0.3, 0.4) is 0 Å². The largest absolute Gasteiger partial charge is 0.457 e. The minimum atomic E-state index is -0.931. The van der Waals surface area contributed by atoms with Crippen molar-refractivity contribution in [2.45, 2.75) is 98.4 Å². The molecular weight excluding hydrogens is 496 g/mol. The fourth-order valence-corrected chi connectivity index (χ4v) is 4.92. The van der Waals surface area contributed by atoms with Gasteiger partial charge in [0.25, 0.3) is 0 Å². The molecule has 2 aromatic rings. The SMILES string of the molecule is CCCCC(C)(C)C(=O)NC[C@H](O)[C@@H](N)CC(C(C)C)[C@@H](OC(C)=O)c1ccc2cnn(CCCOC)c2c1. The monoisotopic (exact) mass is 546 g/mol. The number of aliphatic hydroxyl groups is 1. The Morgan fingerprint density at radius 2 is 1.95 bits per heavy atom. The number of rotatable bonds is 17. The van der Waals surface area contributed by atoms with Crippen molar-refractivity contribution < 1.29 is 24.2 Å². The van der Waals surface area contributed by atoms with Crippen LogP contribution in [0.1, 0.15) is 85.3 Å². The molecule has 4 atom stereocenters. The molecule has 0 aliphatic rings. The number of esters is 1. The fourth-order valence-electron chi connectivity index (χ4n) is 4.92. The fraction of sp³-hybridized carbons (Fsp3) is 0.700. The number of nitrogens with zero attached hydrogens (tertiary/aromatic N) is 2. The lowest BCUT2D eigenvalue weighted by atomic mass is 9.80. The molecule has 9 heteroatoms. The van der Waals surface area contributed by atoms with Crippen molar-refractivity contribution in [2.24, 2.45) is 23.0 Å². The summed E-state index contributed by atoms with van der Waals surface area (Å²) in [6.45, 7) is 12.9. The van der Waals surface area contributed by atoms with E-state index < -0.39 is 23.7 Å². The minimum absolute atomic E-state index is 0.0746. The van der Waals surface area contributed by atoms with Crippen LogP contribution in [0.2, 0.25) is 0 Å². The molecule has 1 aromatic carbocycles. The summed E-state index contributed by atoms with van der Waals surface area (Å²) in [5.74, 6) is -0.513. The maximum absolute atomic E-state index is 12.7. The number of aliphatic hydroxyl groups excluding tert-OH is 1. The van der Waals surface area contributed by atoms with Gasteiger partial charge in [0.2, 0.25) is 5.91 Å². The summed E-state index contributed by atoms with van der Waals surface area (Å²) < 4.78 is 13.0. The van der Waals surface area contributed by atoms with Crippen LogP contribution in [0, 0.1) is 17.3 Å². The predicted octanol–water partition coefficient (Wildman–Crippen LogP) is 4.36. The molecule has 1 amide bonds. The van der Waals surface area contributed by atoms with Crippen molar-refractivity contribution in [1.82, 2.24) is 15.1 Å². The minimum Gasteiger partial charge on any atom is -0.457 e. The number of nitrogens with two attached hydrogens (primary N) is 1. The Hall–Kier alpha value is -2.49. The molecule has 0 saturated carbocycles. The Morgan fingerprint density at radius 1 is 1.23 bits per heavy atom. The normalized spacial score (nSPS) is 15.2. The predicted molar refractivity (Wildman–Crippen MR) is 154 cm³/mol. The first-order valence-corrected chi connectivity index (χ1v) is 14.2. The van der Waals surface area contributed by atoms with E-state index in [0.29, 0.717) is 19.6 Å². The summed E-state index contributed by atoms with van der Waals surface area (Å²) >= 11 is 0. The molecule has 1 unspecified atom stereocenters.